The fraction of sp³-hybridized carbons (Fsp3) is 0.158. The fourth-order valence-corrected chi connectivity index (χ4v) is 2.35. The van der Waals surface area contributed by atoms with Gasteiger partial charge in [0.2, 0.25) is 0 Å². The van der Waals surface area contributed by atoms with E-state index in [1.54, 1.807) is 6.92 Å². The zero-order valence-electron chi connectivity index (χ0n) is 12.7. The van der Waals surface area contributed by atoms with Crippen LogP contribution in [0.15, 0.2) is 60.2 Å². The molecule has 0 aliphatic rings. The summed E-state index contributed by atoms with van der Waals surface area (Å²) in [5, 5.41) is 18.2. The molecule has 0 aromatic heterocycles. The third-order valence-corrected chi connectivity index (χ3v) is 3.51. The second-order valence-corrected chi connectivity index (χ2v) is 4.85. The molecule has 0 unspecified atom stereocenters. The topological polar surface area (TPSA) is 50.8 Å². The van der Waals surface area contributed by atoms with Crippen molar-refractivity contribution in [1.29, 1.82) is 10.5 Å². The standard InChI is InChI=1S/C19H17N3/c1-3-22(17-7-5-4-6-8-17)18-11-9-16(10-12-18)19(14-21)15(2)13-20/h4-12H,3H2,1-2H3/b19-15-. The first-order valence-electron chi connectivity index (χ1n) is 7.15. The van der Waals surface area contributed by atoms with Gasteiger partial charge in [-0.25, -0.2) is 0 Å². The van der Waals surface area contributed by atoms with E-state index in [1.165, 1.54) is 0 Å². The predicted octanol–water partition coefficient (Wildman–Crippen LogP) is 4.67. The Morgan fingerprint density at radius 3 is 2.00 bits per heavy atom. The highest BCUT2D eigenvalue weighted by molar-refractivity contribution is 5.82. The lowest BCUT2D eigenvalue weighted by molar-refractivity contribution is 1.02. The molecule has 0 fully saturated rings. The molecule has 22 heavy (non-hydrogen) atoms. The van der Waals surface area contributed by atoms with Gasteiger partial charge in [0, 0.05) is 23.5 Å². The predicted molar refractivity (Wildman–Crippen MR) is 89.4 cm³/mol. The quantitative estimate of drug-likeness (QED) is 0.768. The van der Waals surface area contributed by atoms with Crippen molar-refractivity contribution in [3.8, 4) is 12.1 Å². The van der Waals surface area contributed by atoms with Crippen LogP contribution in [0, 0.1) is 22.7 Å². The third kappa shape index (κ3) is 3.16. The fourth-order valence-electron chi connectivity index (χ4n) is 2.35. The van der Waals surface area contributed by atoms with Crippen LogP contribution in [0.4, 0.5) is 11.4 Å². The van der Waals surface area contributed by atoms with E-state index >= 15 is 0 Å². The summed E-state index contributed by atoms with van der Waals surface area (Å²) in [4.78, 5) is 2.19. The molecule has 108 valence electrons. The third-order valence-electron chi connectivity index (χ3n) is 3.51. The Labute approximate surface area is 131 Å². The number of hydrogen-bond acceptors (Lipinski definition) is 3. The Morgan fingerprint density at radius 2 is 1.50 bits per heavy atom. The summed E-state index contributed by atoms with van der Waals surface area (Å²) in [6, 6.07) is 22.0. The summed E-state index contributed by atoms with van der Waals surface area (Å²) in [6.07, 6.45) is 0. The number of benzene rings is 2. The van der Waals surface area contributed by atoms with Crippen molar-refractivity contribution in [1.82, 2.24) is 0 Å². The second-order valence-electron chi connectivity index (χ2n) is 4.85. The molecule has 0 spiro atoms. The van der Waals surface area contributed by atoms with Crippen molar-refractivity contribution >= 4 is 16.9 Å². The summed E-state index contributed by atoms with van der Waals surface area (Å²) in [5.74, 6) is 0. The minimum absolute atomic E-state index is 0.428. The molecule has 0 N–H and O–H groups in total. The Morgan fingerprint density at radius 1 is 0.909 bits per heavy atom. The molecule has 0 aliphatic heterocycles. The van der Waals surface area contributed by atoms with E-state index in [2.05, 4.69) is 30.0 Å². The van der Waals surface area contributed by atoms with Crippen LogP contribution in [0.25, 0.3) is 5.57 Å². The largest absolute Gasteiger partial charge is 0.342 e. The summed E-state index contributed by atoms with van der Waals surface area (Å²) in [7, 11) is 0. The summed E-state index contributed by atoms with van der Waals surface area (Å²) >= 11 is 0. The van der Waals surface area contributed by atoms with Gasteiger partial charge in [-0.3, -0.25) is 0 Å². The van der Waals surface area contributed by atoms with E-state index in [9.17, 15) is 5.26 Å². The van der Waals surface area contributed by atoms with E-state index < -0.39 is 0 Å². The number of nitrogens with zero attached hydrogens (tertiary/aromatic N) is 3. The molecule has 3 nitrogen and oxygen atoms in total. The van der Waals surface area contributed by atoms with Crippen LogP contribution in [-0.2, 0) is 0 Å². The van der Waals surface area contributed by atoms with E-state index in [0.29, 0.717) is 11.1 Å². The van der Waals surface area contributed by atoms with Gasteiger partial charge in [-0.05, 0) is 43.7 Å². The van der Waals surface area contributed by atoms with Gasteiger partial charge in [0.1, 0.15) is 6.07 Å². The van der Waals surface area contributed by atoms with Crippen LogP contribution >= 0.6 is 0 Å². The lowest BCUT2D eigenvalue weighted by atomic mass is 10.0. The first-order chi connectivity index (χ1) is 10.7. The highest BCUT2D eigenvalue weighted by Crippen LogP contribution is 2.27. The van der Waals surface area contributed by atoms with Crippen LogP contribution in [0.2, 0.25) is 0 Å². The van der Waals surface area contributed by atoms with Gasteiger partial charge in [0.05, 0.1) is 11.6 Å². The van der Waals surface area contributed by atoms with Gasteiger partial charge in [0.25, 0.3) is 0 Å². The number of allylic oxidation sites excluding steroid dienone is 2. The molecular weight excluding hydrogens is 270 g/mol. The maximum absolute atomic E-state index is 9.21. The molecular formula is C19H17N3. The van der Waals surface area contributed by atoms with E-state index in [4.69, 9.17) is 5.26 Å². The first kappa shape index (κ1) is 15.4. The molecule has 0 bridgehead atoms. The number of para-hydroxylation sites is 1. The van der Waals surface area contributed by atoms with Crippen molar-refractivity contribution < 1.29 is 0 Å². The zero-order valence-corrected chi connectivity index (χ0v) is 12.7. The average molecular weight is 287 g/mol. The van der Waals surface area contributed by atoms with Crippen LogP contribution in [0.1, 0.15) is 19.4 Å². The minimum Gasteiger partial charge on any atom is -0.342 e. The van der Waals surface area contributed by atoms with Gasteiger partial charge in [0.15, 0.2) is 0 Å². The van der Waals surface area contributed by atoms with E-state index in [1.807, 2.05) is 48.5 Å². The number of hydrogen-bond donors (Lipinski definition) is 0. The Bertz CT molecular complexity index is 744. The van der Waals surface area contributed by atoms with E-state index in [-0.39, 0.29) is 0 Å². The van der Waals surface area contributed by atoms with Crippen LogP contribution in [-0.4, -0.2) is 6.54 Å². The van der Waals surface area contributed by atoms with Gasteiger partial charge in [-0.2, -0.15) is 10.5 Å². The van der Waals surface area contributed by atoms with Crippen LogP contribution in [0.5, 0.6) is 0 Å². The van der Waals surface area contributed by atoms with Crippen molar-refractivity contribution in [2.45, 2.75) is 13.8 Å². The average Bonchev–Trinajstić information content (AvgIpc) is 2.58. The van der Waals surface area contributed by atoms with Crippen molar-refractivity contribution in [2.24, 2.45) is 0 Å². The molecule has 2 aromatic rings. The molecule has 0 aliphatic carbocycles. The van der Waals surface area contributed by atoms with Gasteiger partial charge in [-0.15, -0.1) is 0 Å². The Kier molecular flexibility index (Phi) is 4.96. The summed E-state index contributed by atoms with van der Waals surface area (Å²) in [5.41, 5.74) is 3.82. The van der Waals surface area contributed by atoms with Gasteiger partial charge < -0.3 is 4.90 Å². The van der Waals surface area contributed by atoms with Crippen molar-refractivity contribution in [3.63, 3.8) is 0 Å². The highest BCUT2D eigenvalue weighted by Gasteiger charge is 2.09. The molecule has 0 amide bonds. The summed E-state index contributed by atoms with van der Waals surface area (Å²) < 4.78 is 0. The zero-order chi connectivity index (χ0) is 15.9. The molecule has 0 saturated carbocycles. The number of nitriles is 2. The smallest absolute Gasteiger partial charge is 0.101 e. The molecule has 2 rings (SSSR count). The molecule has 3 heteroatoms. The highest BCUT2D eigenvalue weighted by atomic mass is 15.1. The maximum atomic E-state index is 9.21. The maximum Gasteiger partial charge on any atom is 0.101 e. The van der Waals surface area contributed by atoms with Crippen molar-refractivity contribution in [3.05, 3.63) is 65.7 Å². The SMILES string of the molecule is CCN(c1ccccc1)c1ccc(/C(C#N)=C(/C)C#N)cc1. The second kappa shape index (κ2) is 7.11. The lowest BCUT2D eigenvalue weighted by Gasteiger charge is -2.23. The Hall–Kier alpha value is -3.04. The molecule has 2 aromatic carbocycles. The van der Waals surface area contributed by atoms with Gasteiger partial charge in [-0.1, -0.05) is 30.3 Å². The normalized spacial score (nSPS) is 11.1. The summed E-state index contributed by atoms with van der Waals surface area (Å²) in [6.45, 7) is 4.61. The Balaban J connectivity index is 2.37. The van der Waals surface area contributed by atoms with Crippen LogP contribution in [0.3, 0.4) is 0 Å². The number of rotatable bonds is 4. The van der Waals surface area contributed by atoms with E-state index in [0.717, 1.165) is 23.5 Å². The number of anilines is 2. The monoisotopic (exact) mass is 287 g/mol. The lowest BCUT2D eigenvalue weighted by Crippen LogP contribution is -2.15. The minimum atomic E-state index is 0.428. The molecule has 0 radical (unpaired) electrons. The molecule has 0 saturated heterocycles. The van der Waals surface area contributed by atoms with Crippen LogP contribution < -0.4 is 4.90 Å². The molecule has 0 atom stereocenters. The molecule has 0 heterocycles. The first-order valence-corrected chi connectivity index (χ1v) is 7.15. The van der Waals surface area contributed by atoms with Crippen molar-refractivity contribution in [2.75, 3.05) is 11.4 Å². The van der Waals surface area contributed by atoms with Gasteiger partial charge >= 0.3 is 0 Å².